The van der Waals surface area contributed by atoms with E-state index in [9.17, 15) is 0 Å². The van der Waals surface area contributed by atoms with Gasteiger partial charge in [0.25, 0.3) is 0 Å². The molecule has 0 saturated carbocycles. The second kappa shape index (κ2) is 6.05. The molecule has 0 aromatic rings. The topological polar surface area (TPSA) is 9.23 Å². The van der Waals surface area contributed by atoms with Crippen LogP contribution in [0.15, 0.2) is 0 Å². The van der Waals surface area contributed by atoms with E-state index < -0.39 is 8.32 Å². The molecular formula is C10H25ClOSi. The van der Waals surface area contributed by atoms with Gasteiger partial charge in [-0.1, -0.05) is 41.5 Å². The molecule has 0 radical (unpaired) electrons. The summed E-state index contributed by atoms with van der Waals surface area (Å²) in [4.78, 5) is 0. The second-order valence-electron chi connectivity index (χ2n) is 4.52. The molecule has 82 valence electrons. The molecule has 0 amide bonds. The summed E-state index contributed by atoms with van der Waals surface area (Å²) in [7, 11) is 0.394. The number of hydrogen-bond acceptors (Lipinski definition) is 1. The Morgan fingerprint density at radius 2 is 1.00 bits per heavy atom. The zero-order chi connectivity index (χ0) is 9.94. The molecule has 0 aromatic heterocycles. The van der Waals surface area contributed by atoms with E-state index in [2.05, 4.69) is 41.5 Å². The lowest BCUT2D eigenvalue weighted by Crippen LogP contribution is -2.46. The van der Waals surface area contributed by atoms with Crippen LogP contribution in [0, 0.1) is 0 Å². The predicted molar refractivity (Wildman–Crippen MR) is 65.3 cm³/mol. The number of hydrogen-bond donors (Lipinski definition) is 0. The largest absolute Gasteiger partial charge is 0.419 e. The maximum Gasteiger partial charge on any atom is 0.199 e. The highest BCUT2D eigenvalue weighted by molar-refractivity contribution is 6.77. The van der Waals surface area contributed by atoms with Crippen LogP contribution in [0.2, 0.25) is 16.6 Å². The molecule has 0 atom stereocenters. The molecule has 0 aliphatic heterocycles. The molecule has 0 N–H and O–H groups in total. The lowest BCUT2D eigenvalue weighted by atomic mass is 10.5. The summed E-state index contributed by atoms with van der Waals surface area (Å²) in [5, 5.41) is 0. The Morgan fingerprint density at radius 1 is 0.769 bits per heavy atom. The number of halogens is 1. The Kier molecular flexibility index (Phi) is 7.40. The molecular weight excluding hydrogens is 200 g/mol. The molecule has 0 fully saturated rings. The lowest BCUT2D eigenvalue weighted by Gasteiger charge is -2.40. The maximum absolute atomic E-state index is 5.86. The van der Waals surface area contributed by atoms with Crippen LogP contribution in [0.1, 0.15) is 41.5 Å². The van der Waals surface area contributed by atoms with Gasteiger partial charge in [-0.15, -0.1) is 12.4 Å². The standard InChI is InChI=1S/C10H24OSi.ClH/c1-8(2)12(11-7,9(3)4)10(5)6;/h8-10H,1-7H3;1H. The molecule has 0 aliphatic carbocycles. The SMILES string of the molecule is CO[Si](C(C)C)(C(C)C)C(C)C.Cl. The Labute approximate surface area is 90.8 Å². The van der Waals surface area contributed by atoms with Crippen LogP contribution >= 0.6 is 12.4 Å². The van der Waals surface area contributed by atoms with Crippen molar-refractivity contribution >= 4 is 20.7 Å². The molecule has 0 saturated heterocycles. The molecule has 0 rings (SSSR count). The van der Waals surface area contributed by atoms with Gasteiger partial charge in [-0.3, -0.25) is 0 Å². The molecule has 0 aliphatic rings. The third-order valence-electron chi connectivity index (χ3n) is 3.06. The van der Waals surface area contributed by atoms with Gasteiger partial charge in [0, 0.05) is 7.11 Å². The minimum atomic E-state index is -1.50. The predicted octanol–water partition coefficient (Wildman–Crippen LogP) is 4.23. The first-order valence-electron chi connectivity index (χ1n) is 4.94. The van der Waals surface area contributed by atoms with Crippen molar-refractivity contribution in [3.05, 3.63) is 0 Å². The van der Waals surface area contributed by atoms with E-state index in [0.29, 0.717) is 16.6 Å². The highest BCUT2D eigenvalue weighted by Crippen LogP contribution is 2.41. The van der Waals surface area contributed by atoms with Crippen molar-refractivity contribution < 1.29 is 4.43 Å². The van der Waals surface area contributed by atoms with Crippen molar-refractivity contribution in [1.29, 1.82) is 0 Å². The normalized spacial score (nSPS) is 12.5. The second-order valence-corrected chi connectivity index (χ2v) is 10.1. The van der Waals surface area contributed by atoms with Gasteiger partial charge in [-0.2, -0.15) is 0 Å². The van der Waals surface area contributed by atoms with E-state index in [1.54, 1.807) is 0 Å². The molecule has 3 heteroatoms. The molecule has 0 spiro atoms. The quantitative estimate of drug-likeness (QED) is 0.650. The molecule has 1 nitrogen and oxygen atoms in total. The smallest absolute Gasteiger partial charge is 0.199 e. The molecule has 0 aromatic carbocycles. The van der Waals surface area contributed by atoms with E-state index in [0.717, 1.165) is 0 Å². The zero-order valence-corrected chi connectivity index (χ0v) is 11.9. The Hall–Kier alpha value is 0.467. The van der Waals surface area contributed by atoms with E-state index in [-0.39, 0.29) is 12.4 Å². The van der Waals surface area contributed by atoms with Crippen molar-refractivity contribution in [3.8, 4) is 0 Å². The third-order valence-corrected chi connectivity index (χ3v) is 9.18. The van der Waals surface area contributed by atoms with Gasteiger partial charge in [0.15, 0.2) is 8.32 Å². The summed E-state index contributed by atoms with van der Waals surface area (Å²) < 4.78 is 5.86. The van der Waals surface area contributed by atoms with Crippen LogP contribution in [0.3, 0.4) is 0 Å². The van der Waals surface area contributed by atoms with Gasteiger partial charge in [0.05, 0.1) is 0 Å². The van der Waals surface area contributed by atoms with Crippen molar-refractivity contribution in [2.24, 2.45) is 0 Å². The van der Waals surface area contributed by atoms with Crippen LogP contribution in [0.4, 0.5) is 0 Å². The van der Waals surface area contributed by atoms with Crippen LogP contribution in [-0.2, 0) is 4.43 Å². The third kappa shape index (κ3) is 2.96. The summed E-state index contributed by atoms with van der Waals surface area (Å²) in [6.45, 7) is 13.8. The Bertz CT molecular complexity index is 113. The summed E-state index contributed by atoms with van der Waals surface area (Å²) in [6.07, 6.45) is 0. The highest BCUT2D eigenvalue weighted by atomic mass is 35.5. The van der Waals surface area contributed by atoms with Gasteiger partial charge >= 0.3 is 0 Å². The van der Waals surface area contributed by atoms with Crippen LogP contribution in [0.25, 0.3) is 0 Å². The minimum absolute atomic E-state index is 0. The van der Waals surface area contributed by atoms with E-state index >= 15 is 0 Å². The average Bonchev–Trinajstić information content (AvgIpc) is 1.86. The first kappa shape index (κ1) is 15.9. The van der Waals surface area contributed by atoms with E-state index in [1.165, 1.54) is 0 Å². The van der Waals surface area contributed by atoms with Gasteiger partial charge in [0.2, 0.25) is 0 Å². The van der Waals surface area contributed by atoms with Crippen molar-refractivity contribution in [1.82, 2.24) is 0 Å². The fourth-order valence-corrected chi connectivity index (χ4v) is 8.12. The van der Waals surface area contributed by atoms with Crippen molar-refractivity contribution in [2.75, 3.05) is 7.11 Å². The van der Waals surface area contributed by atoms with E-state index in [4.69, 9.17) is 4.43 Å². The summed E-state index contributed by atoms with van der Waals surface area (Å²) in [6, 6.07) is 0. The van der Waals surface area contributed by atoms with Crippen LogP contribution < -0.4 is 0 Å². The van der Waals surface area contributed by atoms with Crippen molar-refractivity contribution in [2.45, 2.75) is 58.2 Å². The van der Waals surface area contributed by atoms with E-state index in [1.807, 2.05) is 7.11 Å². The fraction of sp³-hybridized carbons (Fsp3) is 1.00. The van der Waals surface area contributed by atoms with Crippen LogP contribution in [-0.4, -0.2) is 15.4 Å². The molecule has 0 heterocycles. The highest BCUT2D eigenvalue weighted by Gasteiger charge is 2.43. The van der Waals surface area contributed by atoms with Gasteiger partial charge in [-0.25, -0.2) is 0 Å². The fourth-order valence-electron chi connectivity index (χ4n) is 2.71. The zero-order valence-electron chi connectivity index (χ0n) is 10.0. The molecule has 13 heavy (non-hydrogen) atoms. The monoisotopic (exact) mass is 224 g/mol. The first-order valence-corrected chi connectivity index (χ1v) is 7.08. The Morgan fingerprint density at radius 3 is 1.00 bits per heavy atom. The van der Waals surface area contributed by atoms with Crippen molar-refractivity contribution in [3.63, 3.8) is 0 Å². The van der Waals surface area contributed by atoms with Gasteiger partial charge < -0.3 is 4.43 Å². The van der Waals surface area contributed by atoms with Crippen LogP contribution in [0.5, 0.6) is 0 Å². The summed E-state index contributed by atoms with van der Waals surface area (Å²) in [5.41, 5.74) is 2.13. The average molecular weight is 225 g/mol. The Balaban J connectivity index is 0. The molecule has 0 bridgehead atoms. The summed E-state index contributed by atoms with van der Waals surface area (Å²) >= 11 is 0. The summed E-state index contributed by atoms with van der Waals surface area (Å²) in [5.74, 6) is 0. The maximum atomic E-state index is 5.86. The lowest BCUT2D eigenvalue weighted by molar-refractivity contribution is 0.360. The minimum Gasteiger partial charge on any atom is -0.419 e. The van der Waals surface area contributed by atoms with Gasteiger partial charge in [-0.05, 0) is 16.6 Å². The first-order chi connectivity index (χ1) is 5.39. The molecule has 0 unspecified atom stereocenters. The van der Waals surface area contributed by atoms with Gasteiger partial charge in [0.1, 0.15) is 0 Å². The number of rotatable bonds is 4.